The first-order chi connectivity index (χ1) is 9.56. The second kappa shape index (κ2) is 7.99. The SMILES string of the molecule is CC(=CO)C(=O)OCCCOC(=O)c1ccccc1C. The molecule has 1 N–H and O–H groups in total. The Labute approximate surface area is 117 Å². The van der Waals surface area contributed by atoms with Crippen molar-refractivity contribution < 1.29 is 24.2 Å². The van der Waals surface area contributed by atoms with Crippen LogP contribution >= 0.6 is 0 Å². The summed E-state index contributed by atoms with van der Waals surface area (Å²) >= 11 is 0. The zero-order chi connectivity index (χ0) is 15.0. The molecule has 0 fully saturated rings. The van der Waals surface area contributed by atoms with Crippen molar-refractivity contribution in [1.82, 2.24) is 0 Å². The van der Waals surface area contributed by atoms with E-state index in [4.69, 9.17) is 14.6 Å². The van der Waals surface area contributed by atoms with Gasteiger partial charge in [-0.05, 0) is 25.5 Å². The van der Waals surface area contributed by atoms with Crippen molar-refractivity contribution in [2.45, 2.75) is 20.3 Å². The summed E-state index contributed by atoms with van der Waals surface area (Å²) in [6.07, 6.45) is 1.10. The minimum atomic E-state index is -0.585. The Morgan fingerprint density at radius 1 is 1.20 bits per heavy atom. The molecule has 0 heterocycles. The molecule has 20 heavy (non-hydrogen) atoms. The molecule has 0 saturated carbocycles. The molecule has 1 rings (SSSR count). The summed E-state index contributed by atoms with van der Waals surface area (Å²) in [5, 5.41) is 8.60. The van der Waals surface area contributed by atoms with Gasteiger partial charge < -0.3 is 14.6 Å². The van der Waals surface area contributed by atoms with Gasteiger partial charge in [-0.1, -0.05) is 18.2 Å². The fourth-order valence-corrected chi connectivity index (χ4v) is 1.43. The monoisotopic (exact) mass is 278 g/mol. The van der Waals surface area contributed by atoms with Crippen LogP contribution in [-0.4, -0.2) is 30.3 Å². The van der Waals surface area contributed by atoms with E-state index in [0.717, 1.165) is 5.56 Å². The number of carbonyl (C=O) groups is 2. The van der Waals surface area contributed by atoms with Crippen molar-refractivity contribution >= 4 is 11.9 Å². The van der Waals surface area contributed by atoms with Crippen LogP contribution < -0.4 is 0 Å². The highest BCUT2D eigenvalue weighted by Gasteiger charge is 2.09. The first-order valence-electron chi connectivity index (χ1n) is 6.27. The lowest BCUT2D eigenvalue weighted by Crippen LogP contribution is -2.12. The molecule has 108 valence electrons. The number of hydrogen-bond donors (Lipinski definition) is 1. The molecule has 0 aliphatic carbocycles. The molecular weight excluding hydrogens is 260 g/mol. The Morgan fingerprint density at radius 3 is 2.50 bits per heavy atom. The normalized spacial score (nSPS) is 11.0. The molecule has 0 aliphatic heterocycles. The van der Waals surface area contributed by atoms with Crippen LogP contribution in [0.4, 0.5) is 0 Å². The Bertz CT molecular complexity index is 505. The Balaban J connectivity index is 2.27. The van der Waals surface area contributed by atoms with Crippen molar-refractivity contribution in [3.8, 4) is 0 Å². The van der Waals surface area contributed by atoms with Gasteiger partial charge in [0.15, 0.2) is 0 Å². The average Bonchev–Trinajstić information content (AvgIpc) is 2.46. The van der Waals surface area contributed by atoms with Crippen LogP contribution in [0.3, 0.4) is 0 Å². The van der Waals surface area contributed by atoms with Gasteiger partial charge in [0, 0.05) is 6.42 Å². The van der Waals surface area contributed by atoms with Crippen molar-refractivity contribution in [1.29, 1.82) is 0 Å². The van der Waals surface area contributed by atoms with Gasteiger partial charge in [0.2, 0.25) is 0 Å². The lowest BCUT2D eigenvalue weighted by molar-refractivity contribution is -0.139. The quantitative estimate of drug-likeness (QED) is 0.374. The van der Waals surface area contributed by atoms with Gasteiger partial charge >= 0.3 is 11.9 Å². The van der Waals surface area contributed by atoms with E-state index < -0.39 is 5.97 Å². The molecule has 0 unspecified atom stereocenters. The summed E-state index contributed by atoms with van der Waals surface area (Å²) < 4.78 is 9.93. The first kappa shape index (κ1) is 15.8. The summed E-state index contributed by atoms with van der Waals surface area (Å²) in [5.74, 6) is -0.974. The van der Waals surface area contributed by atoms with Crippen molar-refractivity contribution in [2.24, 2.45) is 0 Å². The van der Waals surface area contributed by atoms with Crippen LogP contribution in [0.5, 0.6) is 0 Å². The molecule has 0 saturated heterocycles. The van der Waals surface area contributed by atoms with E-state index in [0.29, 0.717) is 18.2 Å². The van der Waals surface area contributed by atoms with E-state index in [-0.39, 0.29) is 24.8 Å². The lowest BCUT2D eigenvalue weighted by Gasteiger charge is -2.07. The smallest absolute Gasteiger partial charge is 0.338 e. The summed E-state index contributed by atoms with van der Waals surface area (Å²) in [7, 11) is 0. The minimum absolute atomic E-state index is 0.127. The average molecular weight is 278 g/mol. The molecule has 0 radical (unpaired) electrons. The highest BCUT2D eigenvalue weighted by atomic mass is 16.5. The number of ether oxygens (including phenoxy) is 2. The second-order valence-corrected chi connectivity index (χ2v) is 4.25. The molecule has 1 aromatic carbocycles. The standard InChI is InChI=1S/C15H18O5/c1-11-6-3-4-7-13(11)15(18)20-9-5-8-19-14(17)12(2)10-16/h3-4,6-7,10,16H,5,8-9H2,1-2H3. The molecule has 0 spiro atoms. The van der Waals surface area contributed by atoms with Crippen molar-refractivity contribution in [3.05, 3.63) is 47.2 Å². The Hall–Kier alpha value is -2.30. The van der Waals surface area contributed by atoms with Gasteiger partial charge in [-0.2, -0.15) is 0 Å². The van der Waals surface area contributed by atoms with E-state index in [1.54, 1.807) is 12.1 Å². The van der Waals surface area contributed by atoms with Crippen LogP contribution in [0, 0.1) is 6.92 Å². The molecule has 5 nitrogen and oxygen atoms in total. The number of aliphatic hydroxyl groups excluding tert-OH is 1. The molecule has 0 amide bonds. The number of carbonyl (C=O) groups excluding carboxylic acids is 2. The molecule has 0 aromatic heterocycles. The van der Waals surface area contributed by atoms with Gasteiger partial charge in [0.05, 0.1) is 30.6 Å². The zero-order valence-corrected chi connectivity index (χ0v) is 11.6. The second-order valence-electron chi connectivity index (χ2n) is 4.25. The fraction of sp³-hybridized carbons (Fsp3) is 0.333. The zero-order valence-electron chi connectivity index (χ0n) is 11.6. The molecule has 5 heteroatoms. The van der Waals surface area contributed by atoms with Gasteiger partial charge in [0.1, 0.15) is 0 Å². The molecule has 0 aliphatic rings. The number of hydrogen-bond acceptors (Lipinski definition) is 5. The highest BCUT2D eigenvalue weighted by Crippen LogP contribution is 2.08. The predicted octanol–water partition coefficient (Wildman–Crippen LogP) is 2.55. The number of aryl methyl sites for hydroxylation is 1. The third kappa shape index (κ3) is 4.76. The molecule has 1 aromatic rings. The topological polar surface area (TPSA) is 72.8 Å². The Morgan fingerprint density at radius 2 is 1.85 bits per heavy atom. The summed E-state index contributed by atoms with van der Waals surface area (Å²) in [6.45, 7) is 3.58. The van der Waals surface area contributed by atoms with Gasteiger partial charge in [-0.3, -0.25) is 0 Å². The lowest BCUT2D eigenvalue weighted by atomic mass is 10.1. The van der Waals surface area contributed by atoms with Crippen LogP contribution in [0.15, 0.2) is 36.1 Å². The fourth-order valence-electron chi connectivity index (χ4n) is 1.43. The largest absolute Gasteiger partial charge is 0.515 e. The molecule has 0 atom stereocenters. The molecular formula is C15H18O5. The number of aliphatic hydroxyl groups is 1. The van der Waals surface area contributed by atoms with Crippen molar-refractivity contribution in [3.63, 3.8) is 0 Å². The summed E-state index contributed by atoms with van der Waals surface area (Å²) in [6, 6.07) is 7.16. The first-order valence-corrected chi connectivity index (χ1v) is 6.27. The van der Waals surface area contributed by atoms with E-state index >= 15 is 0 Å². The van der Waals surface area contributed by atoms with E-state index in [9.17, 15) is 9.59 Å². The number of benzene rings is 1. The summed E-state index contributed by atoms with van der Waals surface area (Å²) in [5.41, 5.74) is 1.51. The summed E-state index contributed by atoms with van der Waals surface area (Å²) in [4.78, 5) is 22.9. The van der Waals surface area contributed by atoms with E-state index in [1.807, 2.05) is 19.1 Å². The van der Waals surface area contributed by atoms with Gasteiger partial charge in [-0.15, -0.1) is 0 Å². The minimum Gasteiger partial charge on any atom is -0.515 e. The van der Waals surface area contributed by atoms with Crippen LogP contribution in [-0.2, 0) is 14.3 Å². The maximum Gasteiger partial charge on any atom is 0.338 e. The van der Waals surface area contributed by atoms with Crippen LogP contribution in [0.25, 0.3) is 0 Å². The molecule has 0 bridgehead atoms. The highest BCUT2D eigenvalue weighted by molar-refractivity contribution is 5.91. The van der Waals surface area contributed by atoms with Crippen LogP contribution in [0.2, 0.25) is 0 Å². The predicted molar refractivity (Wildman–Crippen MR) is 73.4 cm³/mol. The van der Waals surface area contributed by atoms with E-state index in [1.165, 1.54) is 6.92 Å². The van der Waals surface area contributed by atoms with E-state index in [2.05, 4.69) is 0 Å². The van der Waals surface area contributed by atoms with Gasteiger partial charge in [0.25, 0.3) is 0 Å². The Kier molecular flexibility index (Phi) is 6.29. The number of rotatable bonds is 6. The van der Waals surface area contributed by atoms with Crippen molar-refractivity contribution in [2.75, 3.05) is 13.2 Å². The maximum absolute atomic E-state index is 11.7. The third-order valence-corrected chi connectivity index (χ3v) is 2.64. The van der Waals surface area contributed by atoms with Gasteiger partial charge in [-0.25, -0.2) is 9.59 Å². The van der Waals surface area contributed by atoms with Crippen LogP contribution in [0.1, 0.15) is 29.3 Å². The maximum atomic E-state index is 11.7. The number of esters is 2. The third-order valence-electron chi connectivity index (χ3n) is 2.64.